The largest absolute Gasteiger partial charge is 0.353 e. The molecule has 0 spiro atoms. The van der Waals surface area contributed by atoms with E-state index in [1.807, 2.05) is 78.6 Å². The third-order valence-electron chi connectivity index (χ3n) is 6.32. The van der Waals surface area contributed by atoms with E-state index >= 15 is 0 Å². The first-order valence-electron chi connectivity index (χ1n) is 11.3. The zero-order chi connectivity index (χ0) is 23.7. The molecule has 0 N–H and O–H groups in total. The molecule has 172 valence electrons. The van der Waals surface area contributed by atoms with Crippen LogP contribution in [0.1, 0.15) is 21.5 Å². The van der Waals surface area contributed by atoms with Crippen molar-refractivity contribution >= 4 is 41.2 Å². The Morgan fingerprint density at radius 1 is 1.00 bits per heavy atom. The SMILES string of the molecule is Cc1ccccc1C=C1Sc2ccc(C(=O)N3CCN(c4ccccn4)CC3)cc2N(C)C1=O. The Kier molecular flexibility index (Phi) is 6.11. The van der Waals surface area contributed by atoms with Gasteiger partial charge in [-0.15, -0.1) is 0 Å². The summed E-state index contributed by atoms with van der Waals surface area (Å²) in [6, 6.07) is 19.6. The maximum atomic E-state index is 13.2. The van der Waals surface area contributed by atoms with Gasteiger partial charge in [0.2, 0.25) is 0 Å². The van der Waals surface area contributed by atoms with Gasteiger partial charge in [0, 0.05) is 49.9 Å². The lowest BCUT2D eigenvalue weighted by molar-refractivity contribution is -0.114. The summed E-state index contributed by atoms with van der Waals surface area (Å²) in [6.07, 6.45) is 3.74. The maximum absolute atomic E-state index is 13.2. The van der Waals surface area contributed by atoms with Gasteiger partial charge in [-0.1, -0.05) is 42.1 Å². The number of pyridine rings is 1. The van der Waals surface area contributed by atoms with Crippen molar-refractivity contribution in [2.45, 2.75) is 11.8 Å². The van der Waals surface area contributed by atoms with Gasteiger partial charge >= 0.3 is 0 Å². The van der Waals surface area contributed by atoms with E-state index in [1.54, 1.807) is 18.1 Å². The topological polar surface area (TPSA) is 56.8 Å². The number of nitrogens with zero attached hydrogens (tertiary/aromatic N) is 4. The van der Waals surface area contributed by atoms with Gasteiger partial charge in [0.25, 0.3) is 11.8 Å². The number of carbonyl (C=O) groups is 2. The molecule has 0 atom stereocenters. The molecule has 3 aromatic rings. The van der Waals surface area contributed by atoms with E-state index in [9.17, 15) is 9.59 Å². The van der Waals surface area contributed by atoms with E-state index in [0.29, 0.717) is 23.6 Å². The molecule has 1 fully saturated rings. The van der Waals surface area contributed by atoms with E-state index in [4.69, 9.17) is 0 Å². The number of hydrogen-bond acceptors (Lipinski definition) is 5. The second kappa shape index (κ2) is 9.35. The molecule has 0 unspecified atom stereocenters. The van der Waals surface area contributed by atoms with E-state index in [-0.39, 0.29) is 11.8 Å². The third-order valence-corrected chi connectivity index (χ3v) is 7.40. The number of benzene rings is 2. The molecular formula is C27H26N4O2S. The Hall–Kier alpha value is -3.58. The minimum Gasteiger partial charge on any atom is -0.353 e. The van der Waals surface area contributed by atoms with Gasteiger partial charge in [-0.25, -0.2) is 4.98 Å². The summed E-state index contributed by atoms with van der Waals surface area (Å²) in [5, 5.41) is 0. The van der Waals surface area contributed by atoms with Crippen LogP contribution in [0, 0.1) is 6.92 Å². The summed E-state index contributed by atoms with van der Waals surface area (Å²) in [5.41, 5.74) is 3.54. The van der Waals surface area contributed by atoms with Crippen LogP contribution in [0.15, 0.2) is 76.7 Å². The van der Waals surface area contributed by atoms with Gasteiger partial charge in [0.1, 0.15) is 5.82 Å². The Morgan fingerprint density at radius 2 is 1.76 bits per heavy atom. The van der Waals surface area contributed by atoms with Gasteiger partial charge in [-0.05, 0) is 54.5 Å². The van der Waals surface area contributed by atoms with Crippen molar-refractivity contribution in [3.05, 3.63) is 88.5 Å². The van der Waals surface area contributed by atoms with Crippen LogP contribution in [0.4, 0.5) is 11.5 Å². The molecule has 2 aliphatic heterocycles. The van der Waals surface area contributed by atoms with Gasteiger partial charge in [0.15, 0.2) is 0 Å². The third kappa shape index (κ3) is 4.31. The number of hydrogen-bond donors (Lipinski definition) is 0. The molecule has 0 radical (unpaired) electrons. The maximum Gasteiger partial charge on any atom is 0.264 e. The number of likely N-dealkylation sites (N-methyl/N-ethyl adjacent to an activating group) is 1. The van der Waals surface area contributed by atoms with Crippen LogP contribution < -0.4 is 9.80 Å². The molecule has 0 aliphatic carbocycles. The van der Waals surface area contributed by atoms with Crippen molar-refractivity contribution in [1.29, 1.82) is 0 Å². The number of fused-ring (bicyclic) bond motifs is 1. The Balaban J connectivity index is 1.32. The number of piperazine rings is 1. The molecule has 5 rings (SSSR count). The average molecular weight is 471 g/mol. The number of amides is 2. The fourth-order valence-corrected chi connectivity index (χ4v) is 5.36. The zero-order valence-corrected chi connectivity index (χ0v) is 20.1. The molecule has 1 saturated heterocycles. The Morgan fingerprint density at radius 3 is 2.50 bits per heavy atom. The molecule has 2 amide bonds. The average Bonchev–Trinajstić information content (AvgIpc) is 2.88. The summed E-state index contributed by atoms with van der Waals surface area (Å²) in [6.45, 7) is 4.80. The molecule has 0 saturated carbocycles. The van der Waals surface area contributed by atoms with Crippen LogP contribution in [-0.2, 0) is 4.79 Å². The molecule has 6 nitrogen and oxygen atoms in total. The Bertz CT molecular complexity index is 1270. The first-order chi connectivity index (χ1) is 16.5. The van der Waals surface area contributed by atoms with Crippen LogP contribution in [0.3, 0.4) is 0 Å². The van der Waals surface area contributed by atoms with Crippen LogP contribution in [0.25, 0.3) is 6.08 Å². The predicted molar refractivity (Wildman–Crippen MR) is 137 cm³/mol. The lowest BCUT2D eigenvalue weighted by Gasteiger charge is -2.35. The molecule has 2 aliphatic rings. The van der Waals surface area contributed by atoms with E-state index in [1.165, 1.54) is 11.8 Å². The molecule has 34 heavy (non-hydrogen) atoms. The molecule has 1 aromatic heterocycles. The first kappa shape index (κ1) is 22.2. The highest BCUT2D eigenvalue weighted by Gasteiger charge is 2.29. The highest BCUT2D eigenvalue weighted by Crippen LogP contribution is 2.42. The minimum absolute atomic E-state index is 0.00410. The van der Waals surface area contributed by atoms with Gasteiger partial charge in [-0.3, -0.25) is 9.59 Å². The van der Waals surface area contributed by atoms with Crippen LogP contribution >= 0.6 is 11.8 Å². The van der Waals surface area contributed by atoms with Crippen molar-refractivity contribution in [2.75, 3.05) is 43.0 Å². The highest BCUT2D eigenvalue weighted by molar-refractivity contribution is 8.04. The van der Waals surface area contributed by atoms with Gasteiger partial charge < -0.3 is 14.7 Å². The number of aryl methyl sites for hydroxylation is 1. The van der Waals surface area contributed by atoms with Crippen molar-refractivity contribution in [2.24, 2.45) is 0 Å². The zero-order valence-electron chi connectivity index (χ0n) is 19.3. The summed E-state index contributed by atoms with van der Waals surface area (Å²) >= 11 is 1.46. The fourth-order valence-electron chi connectivity index (χ4n) is 4.28. The number of anilines is 2. The monoisotopic (exact) mass is 470 g/mol. The normalized spacial score (nSPS) is 17.2. The molecular weight excluding hydrogens is 444 g/mol. The lowest BCUT2D eigenvalue weighted by Crippen LogP contribution is -2.49. The summed E-state index contributed by atoms with van der Waals surface area (Å²) < 4.78 is 0. The van der Waals surface area contributed by atoms with Crippen LogP contribution in [0.5, 0.6) is 0 Å². The summed E-state index contributed by atoms with van der Waals surface area (Å²) in [5.74, 6) is 0.875. The van der Waals surface area contributed by atoms with Crippen LogP contribution in [-0.4, -0.2) is 54.9 Å². The van der Waals surface area contributed by atoms with Crippen molar-refractivity contribution < 1.29 is 9.59 Å². The smallest absolute Gasteiger partial charge is 0.264 e. The Labute approximate surface area is 203 Å². The number of carbonyl (C=O) groups excluding carboxylic acids is 2. The van der Waals surface area contributed by atoms with Crippen LogP contribution in [0.2, 0.25) is 0 Å². The van der Waals surface area contributed by atoms with Gasteiger partial charge in [0.05, 0.1) is 10.6 Å². The summed E-state index contributed by atoms with van der Waals surface area (Å²) in [7, 11) is 1.77. The molecule has 2 aromatic carbocycles. The first-order valence-corrected chi connectivity index (χ1v) is 12.2. The molecule has 3 heterocycles. The summed E-state index contributed by atoms with van der Waals surface area (Å²) in [4.78, 5) is 38.1. The van der Waals surface area contributed by atoms with Gasteiger partial charge in [-0.2, -0.15) is 0 Å². The predicted octanol–water partition coefficient (Wildman–Crippen LogP) is 4.46. The molecule has 7 heteroatoms. The standard InChI is InChI=1S/C27H26N4O2S/c1-19-7-3-4-8-20(19)18-24-27(33)29(2)22-17-21(10-11-23(22)34-24)26(32)31-15-13-30(14-16-31)25-9-5-6-12-28-25/h3-12,17-18H,13-16H2,1-2H3. The van der Waals surface area contributed by atoms with E-state index in [0.717, 1.165) is 40.6 Å². The van der Waals surface area contributed by atoms with E-state index in [2.05, 4.69) is 9.88 Å². The second-order valence-corrected chi connectivity index (χ2v) is 9.56. The van der Waals surface area contributed by atoms with Crippen molar-refractivity contribution in [3.63, 3.8) is 0 Å². The highest BCUT2D eigenvalue weighted by atomic mass is 32.2. The molecule has 0 bridgehead atoms. The number of thioether (sulfide) groups is 1. The quantitative estimate of drug-likeness (QED) is 0.529. The van der Waals surface area contributed by atoms with Crippen molar-refractivity contribution in [1.82, 2.24) is 9.88 Å². The van der Waals surface area contributed by atoms with E-state index < -0.39 is 0 Å². The number of aromatic nitrogens is 1. The fraction of sp³-hybridized carbons (Fsp3) is 0.222. The minimum atomic E-state index is -0.0608. The second-order valence-electron chi connectivity index (χ2n) is 8.48. The number of rotatable bonds is 3. The lowest BCUT2D eigenvalue weighted by atomic mass is 10.1. The van der Waals surface area contributed by atoms with Crippen molar-refractivity contribution in [3.8, 4) is 0 Å².